The normalized spacial score (nSPS) is 24.6. The molecule has 0 bridgehead atoms. The van der Waals surface area contributed by atoms with Crippen molar-refractivity contribution in [2.24, 2.45) is 0 Å². The molecule has 1 fully saturated rings. The maximum absolute atomic E-state index is 11.7. The lowest BCUT2D eigenvalue weighted by molar-refractivity contribution is -0.148. The Morgan fingerprint density at radius 1 is 1.50 bits per heavy atom. The molecule has 1 aliphatic heterocycles. The first kappa shape index (κ1) is 17.4. The molecule has 1 rings (SSSR count). The van der Waals surface area contributed by atoms with Gasteiger partial charge in [0.2, 0.25) is 0 Å². The average Bonchev–Trinajstić information content (AvgIpc) is 2.77. The van der Waals surface area contributed by atoms with Crippen LogP contribution in [0.2, 0.25) is 0 Å². The third kappa shape index (κ3) is 4.43. The number of hydrogen-bond acceptors (Lipinski definition) is 6. The molecule has 0 saturated carbocycles. The van der Waals surface area contributed by atoms with Crippen LogP contribution in [0, 0.1) is 0 Å². The fourth-order valence-corrected chi connectivity index (χ4v) is 4.35. The van der Waals surface area contributed by atoms with Crippen molar-refractivity contribution in [2.45, 2.75) is 37.8 Å². The Hall–Kier alpha value is -0.660. The zero-order valence-corrected chi connectivity index (χ0v) is 13.6. The summed E-state index contributed by atoms with van der Waals surface area (Å²) in [6.45, 7) is 2.59. The summed E-state index contributed by atoms with van der Waals surface area (Å²) in [5.74, 6) is 0.272. The van der Waals surface area contributed by atoms with E-state index in [9.17, 15) is 13.2 Å². The van der Waals surface area contributed by atoms with Crippen molar-refractivity contribution in [1.82, 2.24) is 10.2 Å². The molecule has 0 aliphatic carbocycles. The molecule has 0 amide bonds. The van der Waals surface area contributed by atoms with E-state index in [2.05, 4.69) is 10.2 Å². The van der Waals surface area contributed by atoms with Gasteiger partial charge in [0.15, 0.2) is 9.84 Å². The summed E-state index contributed by atoms with van der Waals surface area (Å²) in [4.78, 5) is 13.8. The van der Waals surface area contributed by atoms with Gasteiger partial charge in [-0.3, -0.25) is 4.79 Å². The number of carbonyl (C=O) groups is 1. The highest BCUT2D eigenvalue weighted by Gasteiger charge is 2.33. The highest BCUT2D eigenvalue weighted by molar-refractivity contribution is 7.91. The summed E-state index contributed by atoms with van der Waals surface area (Å²) in [7, 11) is 2.22. The third-order valence-electron chi connectivity index (χ3n) is 4.21. The van der Waals surface area contributed by atoms with Gasteiger partial charge >= 0.3 is 5.97 Å². The van der Waals surface area contributed by atoms with E-state index in [1.165, 1.54) is 7.11 Å². The monoisotopic (exact) mass is 306 g/mol. The van der Waals surface area contributed by atoms with Crippen LogP contribution in [0.4, 0.5) is 0 Å². The van der Waals surface area contributed by atoms with Gasteiger partial charge in [-0.15, -0.1) is 0 Å². The standard InChI is InChI=1S/C13H26N2O4S/c1-13(14-2,12(16)19-4)7-5-8-15(3)11-6-9-20(17,18)10-11/h11,14H,5-10H2,1-4H3. The molecule has 1 saturated heterocycles. The van der Waals surface area contributed by atoms with Gasteiger partial charge < -0.3 is 15.0 Å². The van der Waals surface area contributed by atoms with Crippen molar-refractivity contribution in [1.29, 1.82) is 0 Å². The number of likely N-dealkylation sites (N-methyl/N-ethyl adjacent to an activating group) is 1. The molecular weight excluding hydrogens is 280 g/mol. The van der Waals surface area contributed by atoms with Gasteiger partial charge in [-0.2, -0.15) is 0 Å². The fourth-order valence-electron chi connectivity index (χ4n) is 2.54. The fraction of sp³-hybridized carbons (Fsp3) is 0.923. The Morgan fingerprint density at radius 3 is 2.60 bits per heavy atom. The lowest BCUT2D eigenvalue weighted by Crippen LogP contribution is -2.48. The van der Waals surface area contributed by atoms with Gasteiger partial charge in [0.05, 0.1) is 18.6 Å². The SMILES string of the molecule is CNC(C)(CCCN(C)C1CCS(=O)(=O)C1)C(=O)OC. The maximum Gasteiger partial charge on any atom is 0.325 e. The van der Waals surface area contributed by atoms with Crippen LogP contribution in [0.1, 0.15) is 26.2 Å². The lowest BCUT2D eigenvalue weighted by Gasteiger charge is -2.28. The van der Waals surface area contributed by atoms with E-state index in [4.69, 9.17) is 4.74 Å². The third-order valence-corrected chi connectivity index (χ3v) is 5.96. The highest BCUT2D eigenvalue weighted by atomic mass is 32.2. The summed E-state index contributed by atoms with van der Waals surface area (Å²) in [5.41, 5.74) is -0.683. The van der Waals surface area contributed by atoms with Gasteiger partial charge in [-0.1, -0.05) is 0 Å². The summed E-state index contributed by atoms with van der Waals surface area (Å²) >= 11 is 0. The summed E-state index contributed by atoms with van der Waals surface area (Å²) in [6.07, 6.45) is 2.17. The summed E-state index contributed by atoms with van der Waals surface area (Å²) in [5, 5.41) is 3.00. The van der Waals surface area contributed by atoms with Gasteiger partial charge in [-0.05, 0) is 46.8 Å². The van der Waals surface area contributed by atoms with Crippen molar-refractivity contribution in [2.75, 3.05) is 39.3 Å². The Labute approximate surface area is 121 Å². The second-order valence-electron chi connectivity index (χ2n) is 5.71. The molecular formula is C13H26N2O4S. The molecule has 0 spiro atoms. The summed E-state index contributed by atoms with van der Waals surface area (Å²) < 4.78 is 27.7. The summed E-state index contributed by atoms with van der Waals surface area (Å²) in [6, 6.07) is 0.110. The van der Waals surface area contributed by atoms with Crippen LogP contribution >= 0.6 is 0 Å². The number of hydrogen-bond donors (Lipinski definition) is 1. The number of nitrogens with one attached hydrogen (secondary N) is 1. The van der Waals surface area contributed by atoms with Crippen molar-refractivity contribution in [3.05, 3.63) is 0 Å². The molecule has 0 aromatic rings. The van der Waals surface area contributed by atoms with Crippen LogP contribution in [-0.4, -0.2) is 70.1 Å². The first-order valence-electron chi connectivity index (χ1n) is 6.92. The van der Waals surface area contributed by atoms with E-state index in [1.54, 1.807) is 7.05 Å². The van der Waals surface area contributed by atoms with Crippen LogP contribution in [0.5, 0.6) is 0 Å². The van der Waals surface area contributed by atoms with Gasteiger partial charge in [-0.25, -0.2) is 8.42 Å². The minimum Gasteiger partial charge on any atom is -0.468 e. The Kier molecular flexibility index (Phi) is 5.97. The molecule has 118 valence electrons. The smallest absolute Gasteiger partial charge is 0.325 e. The maximum atomic E-state index is 11.7. The Bertz CT molecular complexity index is 438. The molecule has 1 aliphatic rings. The Morgan fingerprint density at radius 2 is 2.15 bits per heavy atom. The van der Waals surface area contributed by atoms with Crippen LogP contribution in [0.3, 0.4) is 0 Å². The molecule has 1 heterocycles. The van der Waals surface area contributed by atoms with E-state index < -0.39 is 15.4 Å². The Balaban J connectivity index is 2.42. The van der Waals surface area contributed by atoms with E-state index in [-0.39, 0.29) is 17.8 Å². The molecule has 20 heavy (non-hydrogen) atoms. The molecule has 6 nitrogen and oxygen atoms in total. The van der Waals surface area contributed by atoms with E-state index >= 15 is 0 Å². The lowest BCUT2D eigenvalue weighted by atomic mass is 9.96. The average molecular weight is 306 g/mol. The highest BCUT2D eigenvalue weighted by Crippen LogP contribution is 2.19. The van der Waals surface area contributed by atoms with Gasteiger partial charge in [0, 0.05) is 6.04 Å². The second kappa shape index (κ2) is 6.87. The van der Waals surface area contributed by atoms with Crippen LogP contribution in [-0.2, 0) is 19.4 Å². The molecule has 2 unspecified atom stereocenters. The number of methoxy groups -OCH3 is 1. The van der Waals surface area contributed by atoms with Crippen molar-refractivity contribution < 1.29 is 17.9 Å². The first-order valence-corrected chi connectivity index (χ1v) is 8.74. The quantitative estimate of drug-likeness (QED) is 0.669. The molecule has 0 radical (unpaired) electrons. The van der Waals surface area contributed by atoms with Gasteiger partial charge in [0.25, 0.3) is 0 Å². The van der Waals surface area contributed by atoms with Gasteiger partial charge in [0.1, 0.15) is 5.54 Å². The van der Waals surface area contributed by atoms with E-state index in [0.717, 1.165) is 13.0 Å². The van der Waals surface area contributed by atoms with Crippen molar-refractivity contribution in [3.8, 4) is 0 Å². The minimum atomic E-state index is -2.84. The van der Waals surface area contributed by atoms with Crippen molar-refractivity contribution >= 4 is 15.8 Å². The number of sulfone groups is 1. The molecule has 2 atom stereocenters. The number of nitrogens with zero attached hydrogens (tertiary/aromatic N) is 1. The van der Waals surface area contributed by atoms with Crippen molar-refractivity contribution in [3.63, 3.8) is 0 Å². The van der Waals surface area contributed by atoms with E-state index in [1.807, 2.05) is 14.0 Å². The molecule has 0 aromatic carbocycles. The topological polar surface area (TPSA) is 75.7 Å². The van der Waals surface area contributed by atoms with Crippen LogP contribution in [0.25, 0.3) is 0 Å². The number of carbonyl (C=O) groups excluding carboxylic acids is 1. The largest absolute Gasteiger partial charge is 0.468 e. The second-order valence-corrected chi connectivity index (χ2v) is 7.94. The number of esters is 1. The first-order chi connectivity index (χ1) is 9.24. The molecule has 0 aromatic heterocycles. The predicted octanol–water partition coefficient (Wildman–Crippen LogP) is 0.0366. The minimum absolute atomic E-state index is 0.110. The number of rotatable bonds is 7. The van der Waals surface area contributed by atoms with E-state index in [0.29, 0.717) is 18.6 Å². The zero-order valence-electron chi connectivity index (χ0n) is 12.8. The zero-order chi connectivity index (χ0) is 15.4. The number of ether oxygens (including phenoxy) is 1. The predicted molar refractivity (Wildman–Crippen MR) is 78.4 cm³/mol. The van der Waals surface area contributed by atoms with Crippen LogP contribution in [0.15, 0.2) is 0 Å². The van der Waals surface area contributed by atoms with Crippen LogP contribution < -0.4 is 5.32 Å². The molecule has 7 heteroatoms. The molecule has 1 N–H and O–H groups in total.